The zero-order valence-corrected chi connectivity index (χ0v) is 15.5. The summed E-state index contributed by atoms with van der Waals surface area (Å²) >= 11 is 0. The normalized spacial score (nSPS) is 21.8. The fourth-order valence-corrected chi connectivity index (χ4v) is 4.54. The van der Waals surface area contributed by atoms with E-state index in [2.05, 4.69) is 54.4 Å². The number of fused-ring (bicyclic) bond motifs is 1. The van der Waals surface area contributed by atoms with Crippen LogP contribution in [0.4, 0.5) is 0 Å². The van der Waals surface area contributed by atoms with E-state index in [1.165, 1.54) is 29.7 Å². The molecule has 0 bridgehead atoms. The van der Waals surface area contributed by atoms with E-state index < -0.39 is 6.10 Å². The summed E-state index contributed by atoms with van der Waals surface area (Å²) in [6.45, 7) is 5.20. The van der Waals surface area contributed by atoms with E-state index >= 15 is 0 Å². The minimum atomic E-state index is -0.396. The Kier molecular flexibility index (Phi) is 5.09. The third-order valence-electron chi connectivity index (χ3n) is 5.94. The molecule has 1 atom stereocenters. The maximum Gasteiger partial charge on any atom is 0.130 e. The van der Waals surface area contributed by atoms with Crippen LogP contribution in [0, 0.1) is 12.8 Å². The fraction of sp³-hybridized carbons (Fsp3) is 0.391. The number of nitrogens with one attached hydrogen (secondary N) is 2. The number of aromatic nitrogens is 1. The van der Waals surface area contributed by atoms with E-state index in [0.717, 1.165) is 47.7 Å². The number of likely N-dealkylation sites (tertiary alicyclic amines) is 1. The highest BCUT2D eigenvalue weighted by molar-refractivity contribution is 5.84. The van der Waals surface area contributed by atoms with Crippen molar-refractivity contribution >= 4 is 10.9 Å². The van der Waals surface area contributed by atoms with Crippen LogP contribution in [0.1, 0.15) is 35.8 Å². The SMILES string of the molecule is Cc1[nH]c2ccccc2c1[C@H](O)C[NH+]1CCC(Cc2ccccc2)CC1. The minimum Gasteiger partial charge on any atom is -0.382 e. The van der Waals surface area contributed by atoms with Crippen LogP contribution in [0.3, 0.4) is 0 Å². The molecule has 3 nitrogen and oxygen atoms in total. The van der Waals surface area contributed by atoms with Gasteiger partial charge < -0.3 is 15.0 Å². The Morgan fingerprint density at radius 2 is 1.73 bits per heavy atom. The Labute approximate surface area is 155 Å². The monoisotopic (exact) mass is 349 g/mol. The fourth-order valence-electron chi connectivity index (χ4n) is 4.54. The molecule has 1 fully saturated rings. The van der Waals surface area contributed by atoms with Gasteiger partial charge in [0.15, 0.2) is 0 Å². The van der Waals surface area contributed by atoms with E-state index in [-0.39, 0.29) is 0 Å². The summed E-state index contributed by atoms with van der Waals surface area (Å²) in [5.74, 6) is 0.785. The largest absolute Gasteiger partial charge is 0.382 e. The quantitative estimate of drug-likeness (QED) is 0.651. The van der Waals surface area contributed by atoms with E-state index in [1.807, 2.05) is 12.1 Å². The molecule has 3 heteroatoms. The second-order valence-corrected chi connectivity index (χ2v) is 7.81. The Morgan fingerprint density at radius 1 is 1.04 bits per heavy atom. The summed E-state index contributed by atoms with van der Waals surface area (Å²) in [5, 5.41) is 12.1. The van der Waals surface area contributed by atoms with Crippen LogP contribution in [-0.4, -0.2) is 29.7 Å². The van der Waals surface area contributed by atoms with Crippen LogP contribution in [0.2, 0.25) is 0 Å². The van der Waals surface area contributed by atoms with Crippen LogP contribution in [-0.2, 0) is 6.42 Å². The topological polar surface area (TPSA) is 40.5 Å². The summed E-state index contributed by atoms with van der Waals surface area (Å²) < 4.78 is 0. The molecule has 0 unspecified atom stereocenters. The molecule has 2 aromatic carbocycles. The van der Waals surface area contributed by atoms with E-state index in [1.54, 1.807) is 0 Å². The molecule has 2 heterocycles. The number of H-pyrrole nitrogens is 1. The predicted molar refractivity (Wildman–Crippen MR) is 106 cm³/mol. The first kappa shape index (κ1) is 17.3. The van der Waals surface area contributed by atoms with Gasteiger partial charge in [-0.1, -0.05) is 48.5 Å². The Morgan fingerprint density at radius 3 is 2.50 bits per heavy atom. The smallest absolute Gasteiger partial charge is 0.130 e. The van der Waals surface area contributed by atoms with Crippen LogP contribution in [0.25, 0.3) is 10.9 Å². The number of hydrogen-bond acceptors (Lipinski definition) is 1. The van der Waals surface area contributed by atoms with Gasteiger partial charge in [-0.05, 0) is 43.7 Å². The average Bonchev–Trinajstić information content (AvgIpc) is 3.00. The van der Waals surface area contributed by atoms with Crippen LogP contribution < -0.4 is 4.90 Å². The highest BCUT2D eigenvalue weighted by Gasteiger charge is 2.26. The number of aliphatic hydroxyl groups excluding tert-OH is 1. The Balaban J connectivity index is 1.36. The highest BCUT2D eigenvalue weighted by Crippen LogP contribution is 2.27. The van der Waals surface area contributed by atoms with E-state index in [9.17, 15) is 5.11 Å². The summed E-state index contributed by atoms with van der Waals surface area (Å²) in [6, 6.07) is 19.1. The standard InChI is InChI=1S/C23H28N2O/c1-17-23(20-9-5-6-10-21(20)24-17)22(26)16-25-13-11-19(12-14-25)15-18-7-3-2-4-8-18/h2-10,19,22,24,26H,11-16H2,1H3/p+1/t22-/m1/s1. The van der Waals surface area contributed by atoms with Gasteiger partial charge in [0.25, 0.3) is 0 Å². The maximum atomic E-state index is 10.9. The van der Waals surface area contributed by atoms with Crippen LogP contribution in [0.15, 0.2) is 54.6 Å². The third-order valence-corrected chi connectivity index (χ3v) is 5.94. The summed E-state index contributed by atoms with van der Waals surface area (Å²) in [7, 11) is 0. The van der Waals surface area contributed by atoms with Gasteiger partial charge >= 0.3 is 0 Å². The number of piperidine rings is 1. The van der Waals surface area contributed by atoms with Gasteiger partial charge in [0.1, 0.15) is 12.6 Å². The number of hydrogen-bond donors (Lipinski definition) is 3. The van der Waals surface area contributed by atoms with Gasteiger partial charge in [-0.2, -0.15) is 0 Å². The van der Waals surface area contributed by atoms with Crippen molar-refractivity contribution in [2.24, 2.45) is 5.92 Å². The molecule has 136 valence electrons. The molecular weight excluding hydrogens is 320 g/mol. The van der Waals surface area contributed by atoms with Gasteiger partial charge in [-0.3, -0.25) is 0 Å². The molecular formula is C23H29N2O+. The Bertz CT molecular complexity index is 847. The molecule has 4 rings (SSSR count). The van der Waals surface area contributed by atoms with Crippen LogP contribution >= 0.6 is 0 Å². The van der Waals surface area contributed by atoms with E-state index in [4.69, 9.17) is 0 Å². The summed E-state index contributed by atoms with van der Waals surface area (Å²) in [5.41, 5.74) is 4.75. The summed E-state index contributed by atoms with van der Waals surface area (Å²) in [6.07, 6.45) is 3.30. The molecule has 0 spiro atoms. The lowest BCUT2D eigenvalue weighted by molar-refractivity contribution is -0.910. The number of aryl methyl sites for hydroxylation is 1. The number of quaternary nitrogens is 1. The van der Waals surface area contributed by atoms with Crippen molar-refractivity contribution in [1.82, 2.24) is 4.98 Å². The van der Waals surface area contributed by atoms with Crippen molar-refractivity contribution in [2.45, 2.75) is 32.3 Å². The molecule has 0 amide bonds. The molecule has 1 saturated heterocycles. The predicted octanol–water partition coefficient (Wildman–Crippen LogP) is 3.05. The molecule has 0 aliphatic carbocycles. The summed E-state index contributed by atoms with van der Waals surface area (Å²) in [4.78, 5) is 4.94. The van der Waals surface area contributed by atoms with Gasteiger partial charge in [-0.25, -0.2) is 0 Å². The number of aliphatic hydroxyl groups is 1. The highest BCUT2D eigenvalue weighted by atomic mass is 16.3. The lowest BCUT2D eigenvalue weighted by Gasteiger charge is -2.30. The molecule has 3 aromatic rings. The van der Waals surface area contributed by atoms with Crippen molar-refractivity contribution in [3.8, 4) is 0 Å². The first-order valence-corrected chi connectivity index (χ1v) is 9.83. The molecule has 0 radical (unpaired) electrons. The Hall–Kier alpha value is -2.10. The van der Waals surface area contributed by atoms with Crippen molar-refractivity contribution in [1.29, 1.82) is 0 Å². The van der Waals surface area contributed by atoms with Crippen molar-refractivity contribution in [3.05, 3.63) is 71.4 Å². The molecule has 0 saturated carbocycles. The lowest BCUT2D eigenvalue weighted by atomic mass is 9.90. The molecule has 26 heavy (non-hydrogen) atoms. The number of aromatic amines is 1. The van der Waals surface area contributed by atoms with E-state index in [0.29, 0.717) is 0 Å². The number of para-hydroxylation sites is 1. The van der Waals surface area contributed by atoms with Crippen molar-refractivity contribution in [2.75, 3.05) is 19.6 Å². The average molecular weight is 349 g/mol. The van der Waals surface area contributed by atoms with Gasteiger partial charge in [0.05, 0.1) is 13.1 Å². The number of benzene rings is 2. The van der Waals surface area contributed by atoms with Gasteiger partial charge in [-0.15, -0.1) is 0 Å². The number of rotatable bonds is 5. The maximum absolute atomic E-state index is 10.9. The second-order valence-electron chi connectivity index (χ2n) is 7.81. The molecule has 1 aliphatic heterocycles. The lowest BCUT2D eigenvalue weighted by Crippen LogP contribution is -3.13. The molecule has 3 N–H and O–H groups in total. The van der Waals surface area contributed by atoms with Gasteiger partial charge in [0.2, 0.25) is 0 Å². The van der Waals surface area contributed by atoms with Crippen LogP contribution in [0.5, 0.6) is 0 Å². The first-order chi connectivity index (χ1) is 12.7. The zero-order chi connectivity index (χ0) is 17.9. The molecule has 1 aromatic heterocycles. The first-order valence-electron chi connectivity index (χ1n) is 9.83. The minimum absolute atomic E-state index is 0.396. The third kappa shape index (κ3) is 3.69. The zero-order valence-electron chi connectivity index (χ0n) is 15.5. The second kappa shape index (κ2) is 7.65. The van der Waals surface area contributed by atoms with Crippen molar-refractivity contribution in [3.63, 3.8) is 0 Å². The van der Waals surface area contributed by atoms with Gasteiger partial charge in [0, 0.05) is 22.2 Å². The molecule has 1 aliphatic rings. The van der Waals surface area contributed by atoms with Crippen molar-refractivity contribution < 1.29 is 10.0 Å².